The van der Waals surface area contributed by atoms with Crippen LogP contribution in [-0.4, -0.2) is 19.7 Å². The number of hydrogen-bond acceptors (Lipinski definition) is 5. The van der Waals surface area contributed by atoms with Gasteiger partial charge in [-0.05, 0) is 18.2 Å². The second-order valence-corrected chi connectivity index (χ2v) is 4.79. The standard InChI is InChI=1S/C11H10Cl2N4O3/c1-16-10(5-17(18)19)14-15-11(16)6-20-9-3-2-7(12)4-8(9)13/h2-4H,5-6H2,1H3. The van der Waals surface area contributed by atoms with Gasteiger partial charge in [-0.25, -0.2) is 0 Å². The fourth-order valence-corrected chi connectivity index (χ4v) is 1.98. The molecular weight excluding hydrogens is 307 g/mol. The predicted molar refractivity (Wildman–Crippen MR) is 72.5 cm³/mol. The minimum Gasteiger partial charge on any atom is -0.484 e. The van der Waals surface area contributed by atoms with Gasteiger partial charge in [-0.15, -0.1) is 10.2 Å². The number of benzene rings is 1. The van der Waals surface area contributed by atoms with Gasteiger partial charge in [0.2, 0.25) is 5.82 Å². The Hall–Kier alpha value is -1.86. The molecule has 2 rings (SSSR count). The zero-order chi connectivity index (χ0) is 14.7. The van der Waals surface area contributed by atoms with E-state index < -0.39 is 4.92 Å². The molecule has 1 aromatic carbocycles. The molecule has 0 aliphatic carbocycles. The summed E-state index contributed by atoms with van der Waals surface area (Å²) >= 11 is 11.7. The first kappa shape index (κ1) is 14.5. The molecular formula is C11H10Cl2N4O3. The van der Waals surface area contributed by atoms with Gasteiger partial charge >= 0.3 is 0 Å². The Morgan fingerprint density at radius 3 is 2.70 bits per heavy atom. The summed E-state index contributed by atoms with van der Waals surface area (Å²) in [4.78, 5) is 9.98. The molecule has 7 nitrogen and oxygen atoms in total. The molecule has 0 bridgehead atoms. The smallest absolute Gasteiger partial charge is 0.262 e. The van der Waals surface area contributed by atoms with Crippen molar-refractivity contribution < 1.29 is 9.66 Å². The highest BCUT2D eigenvalue weighted by atomic mass is 35.5. The lowest BCUT2D eigenvalue weighted by atomic mass is 10.3. The Morgan fingerprint density at radius 2 is 2.05 bits per heavy atom. The summed E-state index contributed by atoms with van der Waals surface area (Å²) in [5.41, 5.74) is 0. The zero-order valence-corrected chi connectivity index (χ0v) is 11.9. The molecule has 1 heterocycles. The van der Waals surface area contributed by atoms with E-state index >= 15 is 0 Å². The molecule has 0 unspecified atom stereocenters. The molecule has 0 saturated heterocycles. The molecule has 0 N–H and O–H groups in total. The van der Waals surface area contributed by atoms with Gasteiger partial charge in [0.25, 0.3) is 6.54 Å². The second-order valence-electron chi connectivity index (χ2n) is 3.95. The molecule has 9 heteroatoms. The Morgan fingerprint density at radius 1 is 1.35 bits per heavy atom. The van der Waals surface area contributed by atoms with Crippen LogP contribution >= 0.6 is 23.2 Å². The van der Waals surface area contributed by atoms with Crippen LogP contribution in [0.5, 0.6) is 5.75 Å². The van der Waals surface area contributed by atoms with Gasteiger partial charge < -0.3 is 9.30 Å². The van der Waals surface area contributed by atoms with E-state index in [9.17, 15) is 10.1 Å². The van der Waals surface area contributed by atoms with Crippen LogP contribution in [0.1, 0.15) is 11.6 Å². The number of ether oxygens (including phenoxy) is 1. The highest BCUT2D eigenvalue weighted by Crippen LogP contribution is 2.27. The summed E-state index contributed by atoms with van der Waals surface area (Å²) in [5.74, 6) is 1.18. The average Bonchev–Trinajstić information content (AvgIpc) is 2.69. The molecule has 2 aromatic rings. The first-order valence-corrected chi connectivity index (χ1v) is 6.29. The van der Waals surface area contributed by atoms with E-state index in [1.54, 1.807) is 25.2 Å². The van der Waals surface area contributed by atoms with Crippen LogP contribution in [-0.2, 0) is 20.2 Å². The third-order valence-corrected chi connectivity index (χ3v) is 3.11. The minimum atomic E-state index is -0.468. The Labute approximate surface area is 124 Å². The maximum absolute atomic E-state index is 10.4. The van der Waals surface area contributed by atoms with Crippen LogP contribution in [0.4, 0.5) is 0 Å². The van der Waals surface area contributed by atoms with Crippen molar-refractivity contribution in [2.75, 3.05) is 0 Å². The van der Waals surface area contributed by atoms with E-state index in [1.165, 1.54) is 4.57 Å². The first-order chi connectivity index (χ1) is 9.47. The van der Waals surface area contributed by atoms with Crippen LogP contribution in [0, 0.1) is 10.1 Å². The van der Waals surface area contributed by atoms with Crippen LogP contribution in [0.15, 0.2) is 18.2 Å². The van der Waals surface area contributed by atoms with Crippen molar-refractivity contribution in [2.45, 2.75) is 13.2 Å². The number of rotatable bonds is 5. The van der Waals surface area contributed by atoms with Crippen LogP contribution < -0.4 is 4.74 Å². The molecule has 0 saturated carbocycles. The number of hydrogen-bond donors (Lipinski definition) is 0. The lowest BCUT2D eigenvalue weighted by Crippen LogP contribution is -2.09. The number of nitro groups is 1. The second kappa shape index (κ2) is 6.06. The lowest BCUT2D eigenvalue weighted by molar-refractivity contribution is -0.498. The van der Waals surface area contributed by atoms with E-state index in [-0.39, 0.29) is 19.0 Å². The maximum Gasteiger partial charge on any atom is 0.262 e. The van der Waals surface area contributed by atoms with Crippen LogP contribution in [0.2, 0.25) is 10.0 Å². The minimum absolute atomic E-state index is 0.0998. The fraction of sp³-hybridized carbons (Fsp3) is 0.273. The highest BCUT2D eigenvalue weighted by Gasteiger charge is 2.14. The SMILES string of the molecule is Cn1c(COc2ccc(Cl)cc2Cl)nnc1C[N+](=O)[O-]. The van der Waals surface area contributed by atoms with Gasteiger partial charge in [0.15, 0.2) is 5.82 Å². The third kappa shape index (κ3) is 3.37. The summed E-state index contributed by atoms with van der Waals surface area (Å²) < 4.78 is 7.01. The molecule has 0 aliphatic rings. The average molecular weight is 317 g/mol. The van der Waals surface area contributed by atoms with Gasteiger partial charge in [0, 0.05) is 17.0 Å². The van der Waals surface area contributed by atoms with Crippen molar-refractivity contribution in [3.8, 4) is 5.75 Å². The zero-order valence-electron chi connectivity index (χ0n) is 10.4. The predicted octanol–water partition coefficient (Wildman–Crippen LogP) is 2.48. The molecule has 0 spiro atoms. The lowest BCUT2D eigenvalue weighted by Gasteiger charge is -2.07. The van der Waals surface area contributed by atoms with Crippen molar-refractivity contribution >= 4 is 23.2 Å². The monoisotopic (exact) mass is 316 g/mol. The topological polar surface area (TPSA) is 83.1 Å². The molecule has 0 aliphatic heterocycles. The number of aromatic nitrogens is 3. The van der Waals surface area contributed by atoms with Gasteiger partial charge in [-0.1, -0.05) is 23.2 Å². The van der Waals surface area contributed by atoms with Crippen molar-refractivity contribution in [1.82, 2.24) is 14.8 Å². The van der Waals surface area contributed by atoms with E-state index in [1.807, 2.05) is 0 Å². The van der Waals surface area contributed by atoms with Crippen molar-refractivity contribution in [3.63, 3.8) is 0 Å². The molecule has 0 amide bonds. The summed E-state index contributed by atoms with van der Waals surface area (Å²) in [5, 5.41) is 18.9. The summed E-state index contributed by atoms with van der Waals surface area (Å²) in [6, 6.07) is 4.85. The normalized spacial score (nSPS) is 10.6. The van der Waals surface area contributed by atoms with E-state index in [0.29, 0.717) is 21.6 Å². The van der Waals surface area contributed by atoms with Crippen LogP contribution in [0.3, 0.4) is 0 Å². The Kier molecular flexibility index (Phi) is 4.41. The molecule has 20 heavy (non-hydrogen) atoms. The van der Waals surface area contributed by atoms with Gasteiger partial charge in [0.05, 0.1) is 5.02 Å². The number of nitrogens with zero attached hydrogens (tertiary/aromatic N) is 4. The molecule has 0 atom stereocenters. The fourth-order valence-electron chi connectivity index (χ4n) is 1.51. The van der Waals surface area contributed by atoms with E-state index in [4.69, 9.17) is 27.9 Å². The van der Waals surface area contributed by atoms with Gasteiger partial charge in [0.1, 0.15) is 12.4 Å². The van der Waals surface area contributed by atoms with Crippen molar-refractivity contribution in [1.29, 1.82) is 0 Å². The third-order valence-electron chi connectivity index (χ3n) is 2.58. The maximum atomic E-state index is 10.4. The van der Waals surface area contributed by atoms with E-state index in [2.05, 4.69) is 10.2 Å². The summed E-state index contributed by atoms with van der Waals surface area (Å²) in [6.07, 6.45) is 0. The highest BCUT2D eigenvalue weighted by molar-refractivity contribution is 6.35. The van der Waals surface area contributed by atoms with Crippen molar-refractivity contribution in [2.24, 2.45) is 7.05 Å². The number of halogens is 2. The van der Waals surface area contributed by atoms with Crippen molar-refractivity contribution in [3.05, 3.63) is 50.0 Å². The van der Waals surface area contributed by atoms with Gasteiger partial charge in [-0.3, -0.25) is 10.1 Å². The Bertz CT molecular complexity index is 645. The van der Waals surface area contributed by atoms with E-state index in [0.717, 1.165) is 0 Å². The largest absolute Gasteiger partial charge is 0.484 e. The molecule has 0 fully saturated rings. The summed E-state index contributed by atoms with van der Waals surface area (Å²) in [6.45, 7) is -0.284. The Balaban J connectivity index is 2.07. The first-order valence-electron chi connectivity index (χ1n) is 5.54. The van der Waals surface area contributed by atoms with Gasteiger partial charge in [-0.2, -0.15) is 0 Å². The van der Waals surface area contributed by atoms with Crippen LogP contribution in [0.25, 0.3) is 0 Å². The summed E-state index contributed by atoms with van der Waals surface area (Å²) in [7, 11) is 1.64. The molecule has 1 aromatic heterocycles. The molecule has 106 valence electrons. The molecule has 0 radical (unpaired) electrons. The quantitative estimate of drug-likeness (QED) is 0.625.